The van der Waals surface area contributed by atoms with E-state index in [0.29, 0.717) is 12.5 Å². The summed E-state index contributed by atoms with van der Waals surface area (Å²) >= 11 is 0. The zero-order chi connectivity index (χ0) is 9.72. The molecule has 0 saturated heterocycles. The molecule has 3 heteroatoms. The lowest BCUT2D eigenvalue weighted by Gasteiger charge is -2.16. The van der Waals surface area contributed by atoms with Gasteiger partial charge in [0.25, 0.3) is 0 Å². The summed E-state index contributed by atoms with van der Waals surface area (Å²) in [5.41, 5.74) is 5.63. The molecule has 0 bridgehead atoms. The van der Waals surface area contributed by atoms with Crippen LogP contribution >= 0.6 is 0 Å². The number of carbonyl (C=O) groups is 1. The topological polar surface area (TPSA) is 55.1 Å². The molecule has 12 heavy (non-hydrogen) atoms. The zero-order valence-corrected chi connectivity index (χ0v) is 8.42. The monoisotopic (exact) mass is 172 g/mol. The molecule has 0 spiro atoms. The van der Waals surface area contributed by atoms with Crippen molar-refractivity contribution >= 4 is 5.91 Å². The number of rotatable bonds is 4. The van der Waals surface area contributed by atoms with Gasteiger partial charge in [0.15, 0.2) is 0 Å². The molecule has 0 aromatic heterocycles. The SMILES string of the molecule is CC(C)CNC(=O)C(N)C(C)C. The fraction of sp³-hybridized carbons (Fsp3) is 0.889. The van der Waals surface area contributed by atoms with Gasteiger partial charge in [-0.05, 0) is 11.8 Å². The van der Waals surface area contributed by atoms with Crippen LogP contribution in [0.1, 0.15) is 27.7 Å². The number of nitrogens with two attached hydrogens (primary N) is 1. The van der Waals surface area contributed by atoms with Crippen molar-refractivity contribution in [1.82, 2.24) is 5.32 Å². The van der Waals surface area contributed by atoms with E-state index >= 15 is 0 Å². The average Bonchev–Trinajstić information content (AvgIpc) is 1.98. The van der Waals surface area contributed by atoms with E-state index in [1.165, 1.54) is 0 Å². The van der Waals surface area contributed by atoms with Crippen molar-refractivity contribution in [2.24, 2.45) is 17.6 Å². The largest absolute Gasteiger partial charge is 0.354 e. The van der Waals surface area contributed by atoms with Crippen LogP contribution < -0.4 is 11.1 Å². The van der Waals surface area contributed by atoms with Gasteiger partial charge >= 0.3 is 0 Å². The third-order valence-electron chi connectivity index (χ3n) is 1.71. The van der Waals surface area contributed by atoms with Gasteiger partial charge in [0, 0.05) is 6.54 Å². The normalized spacial score (nSPS) is 13.6. The Bertz CT molecular complexity index is 143. The summed E-state index contributed by atoms with van der Waals surface area (Å²) in [4.78, 5) is 11.3. The first-order valence-electron chi connectivity index (χ1n) is 4.48. The third kappa shape index (κ3) is 4.34. The van der Waals surface area contributed by atoms with Gasteiger partial charge in [-0.25, -0.2) is 0 Å². The Balaban J connectivity index is 3.72. The van der Waals surface area contributed by atoms with Gasteiger partial charge in [-0.3, -0.25) is 4.79 Å². The van der Waals surface area contributed by atoms with Crippen molar-refractivity contribution in [2.75, 3.05) is 6.54 Å². The van der Waals surface area contributed by atoms with E-state index in [2.05, 4.69) is 19.2 Å². The Morgan fingerprint density at radius 2 is 1.83 bits per heavy atom. The summed E-state index contributed by atoms with van der Waals surface area (Å²) in [6.45, 7) is 8.71. The second-order valence-corrected chi connectivity index (χ2v) is 3.91. The van der Waals surface area contributed by atoms with Crippen LogP contribution in [0.2, 0.25) is 0 Å². The molecular weight excluding hydrogens is 152 g/mol. The summed E-state index contributed by atoms with van der Waals surface area (Å²) < 4.78 is 0. The molecule has 1 unspecified atom stereocenters. The van der Waals surface area contributed by atoms with Crippen LogP contribution in [-0.2, 0) is 4.79 Å². The van der Waals surface area contributed by atoms with E-state index in [9.17, 15) is 4.79 Å². The second kappa shape index (κ2) is 5.14. The highest BCUT2D eigenvalue weighted by Gasteiger charge is 2.16. The fourth-order valence-corrected chi connectivity index (χ4v) is 0.725. The third-order valence-corrected chi connectivity index (χ3v) is 1.71. The van der Waals surface area contributed by atoms with Gasteiger partial charge in [0.1, 0.15) is 0 Å². The first kappa shape index (κ1) is 11.4. The van der Waals surface area contributed by atoms with Crippen LogP contribution in [0.15, 0.2) is 0 Å². The summed E-state index contributed by atoms with van der Waals surface area (Å²) in [6.07, 6.45) is 0. The number of carbonyl (C=O) groups excluding carboxylic acids is 1. The summed E-state index contributed by atoms with van der Waals surface area (Å²) in [5, 5.41) is 2.80. The van der Waals surface area contributed by atoms with Crippen LogP contribution in [-0.4, -0.2) is 18.5 Å². The molecular formula is C9H20N2O. The lowest BCUT2D eigenvalue weighted by molar-refractivity contribution is -0.123. The van der Waals surface area contributed by atoms with Gasteiger partial charge in [-0.2, -0.15) is 0 Å². The Labute approximate surface area is 74.7 Å². The Kier molecular flexibility index (Phi) is 4.90. The highest BCUT2D eigenvalue weighted by atomic mass is 16.2. The Hall–Kier alpha value is -0.570. The average molecular weight is 172 g/mol. The van der Waals surface area contributed by atoms with Crippen molar-refractivity contribution in [3.63, 3.8) is 0 Å². The Morgan fingerprint density at radius 3 is 2.17 bits per heavy atom. The quantitative estimate of drug-likeness (QED) is 0.657. The number of hydrogen-bond acceptors (Lipinski definition) is 2. The maximum Gasteiger partial charge on any atom is 0.237 e. The van der Waals surface area contributed by atoms with Crippen LogP contribution in [0.25, 0.3) is 0 Å². The van der Waals surface area contributed by atoms with Crippen molar-refractivity contribution in [3.05, 3.63) is 0 Å². The first-order chi connectivity index (χ1) is 5.45. The van der Waals surface area contributed by atoms with Gasteiger partial charge in [-0.15, -0.1) is 0 Å². The van der Waals surface area contributed by atoms with Crippen LogP contribution in [0, 0.1) is 11.8 Å². The smallest absolute Gasteiger partial charge is 0.237 e. The van der Waals surface area contributed by atoms with E-state index in [-0.39, 0.29) is 17.9 Å². The maximum atomic E-state index is 11.3. The van der Waals surface area contributed by atoms with Crippen molar-refractivity contribution in [2.45, 2.75) is 33.7 Å². The fourth-order valence-electron chi connectivity index (χ4n) is 0.725. The first-order valence-corrected chi connectivity index (χ1v) is 4.48. The van der Waals surface area contributed by atoms with Gasteiger partial charge in [0.05, 0.1) is 6.04 Å². The lowest BCUT2D eigenvalue weighted by Crippen LogP contribution is -2.44. The van der Waals surface area contributed by atoms with E-state index in [1.807, 2.05) is 13.8 Å². The molecule has 0 aliphatic carbocycles. The second-order valence-electron chi connectivity index (χ2n) is 3.91. The molecule has 0 radical (unpaired) electrons. The molecule has 3 N–H and O–H groups in total. The lowest BCUT2D eigenvalue weighted by atomic mass is 10.0. The van der Waals surface area contributed by atoms with Crippen LogP contribution in [0.3, 0.4) is 0 Å². The molecule has 72 valence electrons. The van der Waals surface area contributed by atoms with Crippen molar-refractivity contribution in [1.29, 1.82) is 0 Å². The van der Waals surface area contributed by atoms with E-state index in [4.69, 9.17) is 5.73 Å². The minimum Gasteiger partial charge on any atom is -0.354 e. The standard InChI is InChI=1S/C9H20N2O/c1-6(2)5-11-9(12)8(10)7(3)4/h6-8H,5,10H2,1-4H3,(H,11,12). The van der Waals surface area contributed by atoms with Crippen LogP contribution in [0.5, 0.6) is 0 Å². The highest BCUT2D eigenvalue weighted by molar-refractivity contribution is 5.81. The molecule has 1 atom stereocenters. The molecule has 0 fully saturated rings. The predicted octanol–water partition coefficient (Wildman–Crippen LogP) is 0.742. The number of nitrogens with one attached hydrogen (secondary N) is 1. The summed E-state index contributed by atoms with van der Waals surface area (Å²) in [5.74, 6) is 0.643. The van der Waals surface area contributed by atoms with E-state index in [0.717, 1.165) is 0 Å². The molecule has 3 nitrogen and oxygen atoms in total. The van der Waals surface area contributed by atoms with Gasteiger partial charge < -0.3 is 11.1 Å². The minimum atomic E-state index is -0.372. The molecule has 0 aliphatic rings. The molecule has 0 aliphatic heterocycles. The van der Waals surface area contributed by atoms with Crippen molar-refractivity contribution in [3.8, 4) is 0 Å². The van der Waals surface area contributed by atoms with Gasteiger partial charge in [-0.1, -0.05) is 27.7 Å². The maximum absolute atomic E-state index is 11.3. The van der Waals surface area contributed by atoms with Gasteiger partial charge in [0.2, 0.25) is 5.91 Å². The summed E-state index contributed by atoms with van der Waals surface area (Å²) in [6, 6.07) is -0.372. The van der Waals surface area contributed by atoms with Crippen molar-refractivity contribution < 1.29 is 4.79 Å². The van der Waals surface area contributed by atoms with Crippen LogP contribution in [0.4, 0.5) is 0 Å². The van der Waals surface area contributed by atoms with E-state index < -0.39 is 0 Å². The molecule has 1 amide bonds. The molecule has 0 rings (SSSR count). The van der Waals surface area contributed by atoms with E-state index in [1.54, 1.807) is 0 Å². The Morgan fingerprint density at radius 1 is 1.33 bits per heavy atom. The zero-order valence-electron chi connectivity index (χ0n) is 8.42. The predicted molar refractivity (Wildman–Crippen MR) is 50.7 cm³/mol. The summed E-state index contributed by atoms with van der Waals surface area (Å²) in [7, 11) is 0. The highest BCUT2D eigenvalue weighted by Crippen LogP contribution is 1.98. The molecule has 0 aromatic rings. The minimum absolute atomic E-state index is 0.0429. The number of hydrogen-bond donors (Lipinski definition) is 2. The molecule has 0 saturated carbocycles. The molecule has 0 aromatic carbocycles. The number of amides is 1. The molecule has 0 heterocycles.